The van der Waals surface area contributed by atoms with Gasteiger partial charge < -0.3 is 10.6 Å². The third-order valence-corrected chi connectivity index (χ3v) is 3.28. The van der Waals surface area contributed by atoms with Crippen LogP contribution in [0.3, 0.4) is 0 Å². The van der Waals surface area contributed by atoms with E-state index in [1.807, 2.05) is 38.2 Å². The normalized spacial score (nSPS) is 11.9. The van der Waals surface area contributed by atoms with Crippen molar-refractivity contribution in [2.24, 2.45) is 7.05 Å². The molecule has 2 N–H and O–H groups in total. The topological polar surface area (TPSA) is 59.0 Å². The predicted octanol–water partition coefficient (Wildman–Crippen LogP) is 2.63. The summed E-state index contributed by atoms with van der Waals surface area (Å²) in [6.45, 7) is 2.35. The highest BCUT2D eigenvalue weighted by molar-refractivity contribution is 6.30. The molecule has 1 aromatic heterocycles. The molecule has 0 bridgehead atoms. The van der Waals surface area contributed by atoms with Gasteiger partial charge in [0.05, 0.1) is 18.3 Å². The van der Waals surface area contributed by atoms with E-state index in [2.05, 4.69) is 15.7 Å². The molecule has 5 nitrogen and oxygen atoms in total. The van der Waals surface area contributed by atoms with E-state index in [-0.39, 0.29) is 12.1 Å². The smallest absolute Gasteiger partial charge is 0.315 e. The van der Waals surface area contributed by atoms with Crippen molar-refractivity contribution in [2.75, 3.05) is 0 Å². The van der Waals surface area contributed by atoms with Crippen molar-refractivity contribution in [1.82, 2.24) is 20.4 Å². The summed E-state index contributed by atoms with van der Waals surface area (Å²) in [5.74, 6) is 0. The largest absolute Gasteiger partial charge is 0.333 e. The van der Waals surface area contributed by atoms with Crippen molar-refractivity contribution >= 4 is 17.6 Å². The first-order chi connectivity index (χ1) is 9.56. The molecule has 1 heterocycles. The molecule has 0 spiro atoms. The molecule has 1 atom stereocenters. The number of nitrogens with zero attached hydrogens (tertiary/aromatic N) is 2. The number of hydrogen-bond acceptors (Lipinski definition) is 2. The number of benzene rings is 1. The average Bonchev–Trinajstić information content (AvgIpc) is 2.82. The standard InChI is InChI=1S/C14H17ClN4O/c1-10(11-4-3-5-12(15)8-11)18-14(20)16-9-13-6-7-17-19(13)2/h3-8,10H,9H2,1-2H3,(H2,16,18,20). The highest BCUT2D eigenvalue weighted by Crippen LogP contribution is 2.17. The Bertz CT molecular complexity index is 596. The van der Waals surface area contributed by atoms with Gasteiger partial charge in [0.1, 0.15) is 0 Å². The molecule has 0 aliphatic carbocycles. The molecule has 0 aliphatic heterocycles. The fraction of sp³-hybridized carbons (Fsp3) is 0.286. The number of aryl methyl sites for hydroxylation is 1. The molecule has 2 rings (SSSR count). The Hall–Kier alpha value is -2.01. The summed E-state index contributed by atoms with van der Waals surface area (Å²) in [7, 11) is 1.84. The molecule has 0 saturated carbocycles. The molecule has 2 amide bonds. The molecule has 1 unspecified atom stereocenters. The monoisotopic (exact) mass is 292 g/mol. The van der Waals surface area contributed by atoms with Crippen LogP contribution in [0.4, 0.5) is 4.79 Å². The lowest BCUT2D eigenvalue weighted by Crippen LogP contribution is -2.37. The number of carbonyl (C=O) groups is 1. The molecular weight excluding hydrogens is 276 g/mol. The van der Waals surface area contributed by atoms with Crippen LogP contribution in [-0.4, -0.2) is 15.8 Å². The molecule has 6 heteroatoms. The molecule has 2 aromatic rings. The van der Waals surface area contributed by atoms with Crippen molar-refractivity contribution in [1.29, 1.82) is 0 Å². The van der Waals surface area contributed by atoms with Gasteiger partial charge in [0.15, 0.2) is 0 Å². The zero-order valence-corrected chi connectivity index (χ0v) is 12.2. The number of amides is 2. The third-order valence-electron chi connectivity index (χ3n) is 3.05. The Labute approximate surface area is 122 Å². The highest BCUT2D eigenvalue weighted by atomic mass is 35.5. The van der Waals surface area contributed by atoms with Crippen LogP contribution >= 0.6 is 11.6 Å². The van der Waals surface area contributed by atoms with Gasteiger partial charge in [0.25, 0.3) is 0 Å². The summed E-state index contributed by atoms with van der Waals surface area (Å²) < 4.78 is 1.72. The quantitative estimate of drug-likeness (QED) is 0.910. The Morgan fingerprint density at radius 1 is 1.45 bits per heavy atom. The second-order valence-corrected chi connectivity index (χ2v) is 4.99. The number of halogens is 1. The van der Waals surface area contributed by atoms with Gasteiger partial charge in [-0.15, -0.1) is 0 Å². The first kappa shape index (κ1) is 14.4. The maximum Gasteiger partial charge on any atom is 0.315 e. The molecule has 0 radical (unpaired) electrons. The number of hydrogen-bond donors (Lipinski definition) is 2. The number of carbonyl (C=O) groups excluding carboxylic acids is 1. The zero-order chi connectivity index (χ0) is 14.5. The minimum Gasteiger partial charge on any atom is -0.333 e. The first-order valence-corrected chi connectivity index (χ1v) is 6.71. The molecule has 0 aliphatic rings. The van der Waals surface area contributed by atoms with E-state index in [0.717, 1.165) is 11.3 Å². The lowest BCUT2D eigenvalue weighted by atomic mass is 10.1. The summed E-state index contributed by atoms with van der Waals surface area (Å²) in [6, 6.07) is 8.97. The fourth-order valence-electron chi connectivity index (χ4n) is 1.85. The van der Waals surface area contributed by atoms with Gasteiger partial charge in [-0.25, -0.2) is 4.79 Å². The summed E-state index contributed by atoms with van der Waals surface area (Å²) in [5, 5.41) is 10.4. The van der Waals surface area contributed by atoms with Gasteiger partial charge in [-0.1, -0.05) is 23.7 Å². The lowest BCUT2D eigenvalue weighted by molar-refractivity contribution is 0.237. The summed E-state index contributed by atoms with van der Waals surface area (Å²) in [5.41, 5.74) is 1.91. The van der Waals surface area contributed by atoms with Crippen molar-refractivity contribution in [3.63, 3.8) is 0 Å². The van der Waals surface area contributed by atoms with E-state index in [1.165, 1.54) is 0 Å². The molecular formula is C14H17ClN4O. The van der Waals surface area contributed by atoms with Crippen molar-refractivity contribution in [2.45, 2.75) is 19.5 Å². The summed E-state index contributed by atoms with van der Waals surface area (Å²) in [6.07, 6.45) is 1.70. The van der Waals surface area contributed by atoms with E-state index in [9.17, 15) is 4.79 Å². The highest BCUT2D eigenvalue weighted by Gasteiger charge is 2.10. The van der Waals surface area contributed by atoms with Crippen LogP contribution in [0.1, 0.15) is 24.2 Å². The zero-order valence-electron chi connectivity index (χ0n) is 11.4. The van der Waals surface area contributed by atoms with E-state index in [4.69, 9.17) is 11.6 Å². The van der Waals surface area contributed by atoms with Crippen LogP contribution in [-0.2, 0) is 13.6 Å². The molecule has 20 heavy (non-hydrogen) atoms. The lowest BCUT2D eigenvalue weighted by Gasteiger charge is -2.15. The number of urea groups is 1. The third kappa shape index (κ3) is 3.74. The van der Waals surface area contributed by atoms with Crippen molar-refractivity contribution in [3.8, 4) is 0 Å². The minimum absolute atomic E-state index is 0.111. The number of nitrogens with one attached hydrogen (secondary N) is 2. The predicted molar refractivity (Wildman–Crippen MR) is 78.4 cm³/mol. The van der Waals surface area contributed by atoms with E-state index in [1.54, 1.807) is 16.9 Å². The maximum atomic E-state index is 11.8. The van der Waals surface area contributed by atoms with Gasteiger partial charge in [0, 0.05) is 18.3 Å². The van der Waals surface area contributed by atoms with Gasteiger partial charge in [-0.2, -0.15) is 5.10 Å². The second kappa shape index (κ2) is 6.43. The van der Waals surface area contributed by atoms with Crippen LogP contribution in [0.5, 0.6) is 0 Å². The SMILES string of the molecule is CC(NC(=O)NCc1ccnn1C)c1cccc(Cl)c1. The van der Waals surface area contributed by atoms with E-state index >= 15 is 0 Å². The van der Waals surface area contributed by atoms with Crippen molar-refractivity contribution in [3.05, 3.63) is 52.8 Å². The van der Waals surface area contributed by atoms with Gasteiger partial charge in [-0.3, -0.25) is 4.68 Å². The maximum absolute atomic E-state index is 11.8. The Kier molecular flexibility index (Phi) is 4.63. The molecule has 1 aromatic carbocycles. The van der Waals surface area contributed by atoms with Crippen LogP contribution in [0.15, 0.2) is 36.5 Å². The van der Waals surface area contributed by atoms with Crippen LogP contribution in [0.25, 0.3) is 0 Å². The minimum atomic E-state index is -0.223. The first-order valence-electron chi connectivity index (χ1n) is 6.33. The molecule has 0 saturated heterocycles. The van der Waals surface area contributed by atoms with Crippen LogP contribution < -0.4 is 10.6 Å². The van der Waals surface area contributed by atoms with Crippen molar-refractivity contribution < 1.29 is 4.79 Å². The van der Waals surface area contributed by atoms with Crippen LogP contribution in [0, 0.1) is 0 Å². The number of rotatable bonds is 4. The molecule has 0 fully saturated rings. The Morgan fingerprint density at radius 3 is 2.90 bits per heavy atom. The van der Waals surface area contributed by atoms with Gasteiger partial charge in [0.2, 0.25) is 0 Å². The molecule has 106 valence electrons. The second-order valence-electron chi connectivity index (χ2n) is 4.55. The van der Waals surface area contributed by atoms with E-state index < -0.39 is 0 Å². The van der Waals surface area contributed by atoms with Gasteiger partial charge >= 0.3 is 6.03 Å². The fourth-order valence-corrected chi connectivity index (χ4v) is 2.05. The summed E-state index contributed by atoms with van der Waals surface area (Å²) >= 11 is 5.93. The Balaban J connectivity index is 1.87. The van der Waals surface area contributed by atoms with Gasteiger partial charge in [-0.05, 0) is 30.7 Å². The summed E-state index contributed by atoms with van der Waals surface area (Å²) in [4.78, 5) is 11.8. The number of aromatic nitrogens is 2. The van der Waals surface area contributed by atoms with Crippen LogP contribution in [0.2, 0.25) is 5.02 Å². The Morgan fingerprint density at radius 2 is 2.25 bits per heavy atom. The average molecular weight is 293 g/mol. The van der Waals surface area contributed by atoms with E-state index in [0.29, 0.717) is 11.6 Å².